The number of nitrogens with zero attached hydrogens (tertiary/aromatic N) is 1. The van der Waals surface area contributed by atoms with E-state index in [1.165, 1.54) is 26.2 Å². The number of hydrogen-bond acceptors (Lipinski definition) is 3. The number of carbonyl (C=O) groups excluding carboxylic acids is 1. The largest absolute Gasteiger partial charge is 0.322 e. The van der Waals surface area contributed by atoms with E-state index in [9.17, 15) is 13.2 Å². The topological polar surface area (TPSA) is 66.5 Å². The van der Waals surface area contributed by atoms with Crippen molar-refractivity contribution in [1.29, 1.82) is 0 Å². The van der Waals surface area contributed by atoms with Crippen molar-refractivity contribution in [2.24, 2.45) is 0 Å². The normalized spacial score (nSPS) is 11.6. The molecule has 0 saturated heterocycles. The molecular formula is C17H19BrN2O3S. The van der Waals surface area contributed by atoms with Gasteiger partial charge in [-0.05, 0) is 65.2 Å². The summed E-state index contributed by atoms with van der Waals surface area (Å²) in [6.45, 7) is 3.89. The molecular weight excluding hydrogens is 392 g/mol. The molecule has 0 aromatic heterocycles. The van der Waals surface area contributed by atoms with Crippen LogP contribution >= 0.6 is 15.9 Å². The Morgan fingerprint density at radius 3 is 2.42 bits per heavy atom. The molecule has 0 atom stereocenters. The molecule has 2 aromatic carbocycles. The predicted octanol–water partition coefficient (Wildman–Crippen LogP) is 3.57. The summed E-state index contributed by atoms with van der Waals surface area (Å²) in [5.41, 5.74) is 3.00. The van der Waals surface area contributed by atoms with E-state index < -0.39 is 10.0 Å². The molecule has 0 aliphatic rings. The van der Waals surface area contributed by atoms with Gasteiger partial charge in [-0.25, -0.2) is 12.7 Å². The van der Waals surface area contributed by atoms with Gasteiger partial charge in [0.15, 0.2) is 0 Å². The van der Waals surface area contributed by atoms with E-state index in [1.54, 1.807) is 6.07 Å². The zero-order valence-corrected chi connectivity index (χ0v) is 16.3. The highest BCUT2D eigenvalue weighted by Gasteiger charge is 2.21. The summed E-state index contributed by atoms with van der Waals surface area (Å²) < 4.78 is 26.2. The molecule has 128 valence electrons. The molecule has 0 heterocycles. The lowest BCUT2D eigenvalue weighted by atomic mass is 10.1. The molecule has 5 nitrogen and oxygen atoms in total. The molecule has 0 unspecified atom stereocenters. The highest BCUT2D eigenvalue weighted by atomic mass is 79.9. The maximum atomic E-state index is 12.6. The Morgan fingerprint density at radius 1 is 1.12 bits per heavy atom. The summed E-state index contributed by atoms with van der Waals surface area (Å²) in [7, 11) is -0.702. The minimum atomic E-state index is -3.60. The molecule has 7 heteroatoms. The van der Waals surface area contributed by atoms with Gasteiger partial charge in [-0.1, -0.05) is 12.1 Å². The third-order valence-electron chi connectivity index (χ3n) is 3.81. The molecule has 0 aliphatic carbocycles. The number of benzene rings is 2. The first-order valence-electron chi connectivity index (χ1n) is 7.24. The first-order valence-corrected chi connectivity index (χ1v) is 9.47. The van der Waals surface area contributed by atoms with E-state index in [-0.39, 0.29) is 16.4 Å². The fourth-order valence-electron chi connectivity index (χ4n) is 2.13. The average Bonchev–Trinajstić information content (AvgIpc) is 2.51. The number of rotatable bonds is 4. The highest BCUT2D eigenvalue weighted by molar-refractivity contribution is 9.10. The van der Waals surface area contributed by atoms with E-state index >= 15 is 0 Å². The number of nitrogens with one attached hydrogen (secondary N) is 1. The molecule has 0 aliphatic heterocycles. The van der Waals surface area contributed by atoms with Crippen molar-refractivity contribution in [3.8, 4) is 0 Å². The van der Waals surface area contributed by atoms with Gasteiger partial charge in [0.1, 0.15) is 0 Å². The number of halogens is 1. The second-order valence-electron chi connectivity index (χ2n) is 5.63. The van der Waals surface area contributed by atoms with Crippen molar-refractivity contribution >= 4 is 37.5 Å². The Bertz CT molecular complexity index is 893. The zero-order valence-electron chi connectivity index (χ0n) is 13.9. The number of carbonyl (C=O) groups is 1. The highest BCUT2D eigenvalue weighted by Crippen LogP contribution is 2.25. The molecule has 1 N–H and O–H groups in total. The van der Waals surface area contributed by atoms with Gasteiger partial charge in [-0.2, -0.15) is 0 Å². The van der Waals surface area contributed by atoms with E-state index in [0.29, 0.717) is 10.2 Å². The molecule has 1 amide bonds. The van der Waals surface area contributed by atoms with Crippen molar-refractivity contribution < 1.29 is 13.2 Å². The first kappa shape index (κ1) is 18.6. The van der Waals surface area contributed by atoms with Gasteiger partial charge < -0.3 is 5.32 Å². The number of hydrogen-bond donors (Lipinski definition) is 1. The van der Waals surface area contributed by atoms with E-state index in [4.69, 9.17) is 0 Å². The zero-order chi connectivity index (χ0) is 18.1. The van der Waals surface area contributed by atoms with Crippen LogP contribution in [0.25, 0.3) is 0 Å². The summed E-state index contributed by atoms with van der Waals surface area (Å²) in [5, 5.41) is 2.84. The molecule has 2 rings (SSSR count). The molecule has 2 aromatic rings. The van der Waals surface area contributed by atoms with Crippen LogP contribution in [0.1, 0.15) is 21.5 Å². The quantitative estimate of drug-likeness (QED) is 0.837. The summed E-state index contributed by atoms with van der Waals surface area (Å²) in [6.07, 6.45) is 0. The van der Waals surface area contributed by atoms with Crippen molar-refractivity contribution in [3.63, 3.8) is 0 Å². The Labute approximate surface area is 150 Å². The Balaban J connectivity index is 2.41. The minimum Gasteiger partial charge on any atom is -0.322 e. The van der Waals surface area contributed by atoms with Gasteiger partial charge in [0.25, 0.3) is 5.91 Å². The van der Waals surface area contributed by atoms with Gasteiger partial charge in [0, 0.05) is 24.3 Å². The summed E-state index contributed by atoms with van der Waals surface area (Å²) in [5.74, 6) is -0.369. The maximum Gasteiger partial charge on any atom is 0.256 e. The standard InChI is InChI=1S/C17H19BrN2O3S/c1-11-6-5-7-16(12(11)2)19-17(21)14-10-13(8-9-15(14)18)24(22,23)20(3)4/h5-10H,1-4H3,(H,19,21). The number of sulfonamides is 1. The lowest BCUT2D eigenvalue weighted by Gasteiger charge is -2.14. The Kier molecular flexibility index (Phi) is 5.47. The van der Waals surface area contributed by atoms with Crippen LogP contribution in [-0.2, 0) is 10.0 Å². The lowest BCUT2D eigenvalue weighted by molar-refractivity contribution is 0.102. The second kappa shape index (κ2) is 7.04. The molecule has 0 spiro atoms. The third-order valence-corrected chi connectivity index (χ3v) is 6.32. The van der Waals surface area contributed by atoms with E-state index in [0.717, 1.165) is 15.4 Å². The fraction of sp³-hybridized carbons (Fsp3) is 0.235. The fourth-order valence-corrected chi connectivity index (χ4v) is 3.48. The predicted molar refractivity (Wildman–Crippen MR) is 98.9 cm³/mol. The lowest BCUT2D eigenvalue weighted by Crippen LogP contribution is -2.23. The van der Waals surface area contributed by atoms with Crippen molar-refractivity contribution in [3.05, 3.63) is 57.6 Å². The van der Waals surface area contributed by atoms with Gasteiger partial charge in [-0.15, -0.1) is 0 Å². The monoisotopic (exact) mass is 410 g/mol. The molecule has 0 bridgehead atoms. The van der Waals surface area contributed by atoms with Gasteiger partial charge in [0.2, 0.25) is 10.0 Å². The van der Waals surface area contributed by atoms with Crippen LogP contribution in [0.4, 0.5) is 5.69 Å². The third kappa shape index (κ3) is 3.68. The van der Waals surface area contributed by atoms with Crippen molar-refractivity contribution in [1.82, 2.24) is 4.31 Å². The van der Waals surface area contributed by atoms with E-state index in [2.05, 4.69) is 21.2 Å². The molecule has 24 heavy (non-hydrogen) atoms. The number of amides is 1. The van der Waals surface area contributed by atoms with Crippen LogP contribution in [0.2, 0.25) is 0 Å². The van der Waals surface area contributed by atoms with E-state index in [1.807, 2.05) is 32.0 Å². The smallest absolute Gasteiger partial charge is 0.256 e. The number of aryl methyl sites for hydroxylation is 1. The second-order valence-corrected chi connectivity index (χ2v) is 8.64. The van der Waals surface area contributed by atoms with Gasteiger partial charge in [-0.3, -0.25) is 4.79 Å². The van der Waals surface area contributed by atoms with Crippen molar-refractivity contribution in [2.75, 3.05) is 19.4 Å². The number of anilines is 1. The maximum absolute atomic E-state index is 12.6. The van der Waals surface area contributed by atoms with Crippen LogP contribution in [0.3, 0.4) is 0 Å². The molecule has 0 radical (unpaired) electrons. The Hall–Kier alpha value is -1.70. The van der Waals surface area contributed by atoms with Gasteiger partial charge in [0.05, 0.1) is 10.5 Å². The summed E-state index contributed by atoms with van der Waals surface area (Å²) >= 11 is 3.31. The Morgan fingerprint density at radius 2 is 1.79 bits per heavy atom. The molecule has 0 saturated carbocycles. The summed E-state index contributed by atoms with van der Waals surface area (Å²) in [6, 6.07) is 10.0. The van der Waals surface area contributed by atoms with Crippen LogP contribution < -0.4 is 5.32 Å². The molecule has 0 fully saturated rings. The minimum absolute atomic E-state index is 0.0711. The van der Waals surface area contributed by atoms with Crippen LogP contribution in [0.15, 0.2) is 45.8 Å². The van der Waals surface area contributed by atoms with Crippen LogP contribution in [-0.4, -0.2) is 32.7 Å². The van der Waals surface area contributed by atoms with Crippen molar-refractivity contribution in [2.45, 2.75) is 18.7 Å². The first-order chi connectivity index (χ1) is 11.1. The van der Waals surface area contributed by atoms with Crippen LogP contribution in [0, 0.1) is 13.8 Å². The SMILES string of the molecule is Cc1cccc(NC(=O)c2cc(S(=O)(=O)N(C)C)ccc2Br)c1C. The van der Waals surface area contributed by atoms with Gasteiger partial charge >= 0.3 is 0 Å². The van der Waals surface area contributed by atoms with Crippen LogP contribution in [0.5, 0.6) is 0 Å². The average molecular weight is 411 g/mol. The summed E-state index contributed by atoms with van der Waals surface area (Å²) in [4.78, 5) is 12.7.